The largest absolute Gasteiger partial charge is 0.236 e. The molecule has 0 radical (unpaired) electrons. The fraction of sp³-hybridized carbons (Fsp3) is 0.364. The topological polar surface area (TPSA) is 12.9 Å². The molecule has 1 atom stereocenters. The summed E-state index contributed by atoms with van der Waals surface area (Å²) in [5.41, 5.74) is 3.42. The van der Waals surface area contributed by atoms with Gasteiger partial charge in [-0.2, -0.15) is 0 Å². The summed E-state index contributed by atoms with van der Waals surface area (Å²) in [5, 5.41) is 0.623. The van der Waals surface area contributed by atoms with E-state index >= 15 is 0 Å². The highest BCUT2D eigenvalue weighted by molar-refractivity contribution is 6.30. The van der Waals surface area contributed by atoms with Crippen molar-refractivity contribution in [2.75, 3.05) is 0 Å². The third kappa shape index (κ3) is 1.61. The molecular weight excluding hydrogens is 182 g/mol. The molecule has 1 heterocycles. The fourth-order valence-corrected chi connectivity index (χ4v) is 1.78. The van der Waals surface area contributed by atoms with Gasteiger partial charge in [0.25, 0.3) is 0 Å². The molecule has 0 amide bonds. The van der Waals surface area contributed by atoms with Crippen molar-refractivity contribution in [2.24, 2.45) is 5.92 Å². The Hall–Kier alpha value is -0.820. The van der Waals surface area contributed by atoms with Crippen LogP contribution in [0.25, 0.3) is 6.08 Å². The first kappa shape index (κ1) is 8.76. The number of pyridine rings is 1. The standard InChI is InChI=1S/C11H12ClN/c1-7-3-4-10-9(5-7)6-8(2)11(12)13-10/h3-4,6-7H,5H2,1-2H3. The van der Waals surface area contributed by atoms with E-state index in [0.717, 1.165) is 17.7 Å². The molecule has 0 spiro atoms. The first-order valence-electron chi connectivity index (χ1n) is 4.51. The molecule has 1 nitrogen and oxygen atoms in total. The van der Waals surface area contributed by atoms with Crippen molar-refractivity contribution in [3.8, 4) is 0 Å². The lowest BCUT2D eigenvalue weighted by atomic mass is 9.93. The maximum absolute atomic E-state index is 5.94. The summed E-state index contributed by atoms with van der Waals surface area (Å²) in [6, 6.07) is 2.14. The number of fused-ring (bicyclic) bond motifs is 1. The SMILES string of the molecule is Cc1cc2c(nc1Cl)C=CC(C)C2. The molecule has 13 heavy (non-hydrogen) atoms. The van der Waals surface area contributed by atoms with Gasteiger partial charge < -0.3 is 0 Å². The third-order valence-corrected chi connectivity index (χ3v) is 2.77. The molecule has 0 saturated heterocycles. The van der Waals surface area contributed by atoms with Crippen LogP contribution in [0, 0.1) is 12.8 Å². The molecule has 0 N–H and O–H groups in total. The molecule has 0 saturated carbocycles. The molecule has 2 heteroatoms. The number of hydrogen-bond acceptors (Lipinski definition) is 1. The molecule has 0 aliphatic heterocycles. The van der Waals surface area contributed by atoms with Gasteiger partial charge in [-0.05, 0) is 36.5 Å². The zero-order valence-corrected chi connectivity index (χ0v) is 8.60. The molecule has 1 aromatic heterocycles. The van der Waals surface area contributed by atoms with Gasteiger partial charge in [0.1, 0.15) is 5.15 Å². The van der Waals surface area contributed by atoms with Crippen LogP contribution in [-0.2, 0) is 6.42 Å². The number of aromatic nitrogens is 1. The van der Waals surface area contributed by atoms with Crippen LogP contribution in [0.4, 0.5) is 0 Å². The maximum Gasteiger partial charge on any atom is 0.132 e. The Balaban J connectivity index is 2.52. The van der Waals surface area contributed by atoms with E-state index in [2.05, 4.69) is 30.1 Å². The van der Waals surface area contributed by atoms with Gasteiger partial charge in [-0.1, -0.05) is 30.7 Å². The molecule has 2 rings (SSSR count). The van der Waals surface area contributed by atoms with Crippen LogP contribution in [0.15, 0.2) is 12.1 Å². The van der Waals surface area contributed by atoms with E-state index < -0.39 is 0 Å². The minimum atomic E-state index is 0.620. The first-order chi connectivity index (χ1) is 6.16. The summed E-state index contributed by atoms with van der Waals surface area (Å²) in [6.45, 7) is 4.21. The second-order valence-corrected chi connectivity index (χ2v) is 4.04. The lowest BCUT2D eigenvalue weighted by molar-refractivity contribution is 0.712. The van der Waals surface area contributed by atoms with Crippen molar-refractivity contribution in [2.45, 2.75) is 20.3 Å². The van der Waals surface area contributed by atoms with Gasteiger partial charge in [0.2, 0.25) is 0 Å². The van der Waals surface area contributed by atoms with Crippen LogP contribution >= 0.6 is 11.6 Å². The van der Waals surface area contributed by atoms with Crippen molar-refractivity contribution in [1.82, 2.24) is 4.98 Å². The van der Waals surface area contributed by atoms with E-state index in [0.29, 0.717) is 11.1 Å². The van der Waals surface area contributed by atoms with E-state index in [4.69, 9.17) is 11.6 Å². The number of halogens is 1. The maximum atomic E-state index is 5.94. The molecule has 0 fully saturated rings. The first-order valence-corrected chi connectivity index (χ1v) is 4.89. The monoisotopic (exact) mass is 193 g/mol. The van der Waals surface area contributed by atoms with Crippen LogP contribution in [0.5, 0.6) is 0 Å². The third-order valence-electron chi connectivity index (χ3n) is 2.39. The molecule has 0 aromatic carbocycles. The highest BCUT2D eigenvalue weighted by Crippen LogP contribution is 2.24. The van der Waals surface area contributed by atoms with E-state index in [1.54, 1.807) is 0 Å². The minimum Gasteiger partial charge on any atom is -0.236 e. The van der Waals surface area contributed by atoms with Gasteiger partial charge in [0.05, 0.1) is 5.69 Å². The van der Waals surface area contributed by atoms with E-state index in [1.165, 1.54) is 5.56 Å². The Morgan fingerprint density at radius 1 is 1.54 bits per heavy atom. The van der Waals surface area contributed by atoms with Crippen LogP contribution in [0.1, 0.15) is 23.7 Å². The number of aryl methyl sites for hydroxylation is 1. The van der Waals surface area contributed by atoms with Gasteiger partial charge in [-0.25, -0.2) is 4.98 Å². The average Bonchev–Trinajstić information content (AvgIpc) is 2.08. The lowest BCUT2D eigenvalue weighted by Gasteiger charge is -2.15. The summed E-state index contributed by atoms with van der Waals surface area (Å²) in [4.78, 5) is 4.33. The molecule has 68 valence electrons. The van der Waals surface area contributed by atoms with Crippen molar-refractivity contribution < 1.29 is 0 Å². The zero-order chi connectivity index (χ0) is 9.42. The highest BCUT2D eigenvalue weighted by atomic mass is 35.5. The normalized spacial score (nSPS) is 20.1. The Kier molecular flexibility index (Phi) is 2.12. The van der Waals surface area contributed by atoms with Crippen molar-refractivity contribution >= 4 is 17.7 Å². The molecule has 1 aliphatic carbocycles. The smallest absolute Gasteiger partial charge is 0.132 e. The summed E-state index contributed by atoms with van der Waals surface area (Å²) >= 11 is 5.94. The number of hydrogen-bond donors (Lipinski definition) is 0. The van der Waals surface area contributed by atoms with Crippen molar-refractivity contribution in [1.29, 1.82) is 0 Å². The van der Waals surface area contributed by atoms with Crippen LogP contribution in [0.2, 0.25) is 5.15 Å². The minimum absolute atomic E-state index is 0.620. The van der Waals surface area contributed by atoms with E-state index in [1.807, 2.05) is 6.92 Å². The number of allylic oxidation sites excluding steroid dienone is 1. The predicted molar refractivity (Wildman–Crippen MR) is 55.9 cm³/mol. The zero-order valence-electron chi connectivity index (χ0n) is 7.84. The van der Waals surface area contributed by atoms with Gasteiger partial charge in [0.15, 0.2) is 0 Å². The van der Waals surface area contributed by atoms with Crippen molar-refractivity contribution in [3.63, 3.8) is 0 Å². The second kappa shape index (κ2) is 3.15. The van der Waals surface area contributed by atoms with E-state index in [-0.39, 0.29) is 0 Å². The Bertz CT molecular complexity index is 369. The van der Waals surface area contributed by atoms with Gasteiger partial charge in [-0.15, -0.1) is 0 Å². The summed E-state index contributed by atoms with van der Waals surface area (Å²) in [6.07, 6.45) is 5.33. The molecule has 1 aliphatic rings. The molecule has 1 aromatic rings. The average molecular weight is 194 g/mol. The molecular formula is C11H12ClN. The number of nitrogens with zero attached hydrogens (tertiary/aromatic N) is 1. The Labute approximate surface area is 83.4 Å². The summed E-state index contributed by atoms with van der Waals surface area (Å²) in [7, 11) is 0. The fourth-order valence-electron chi connectivity index (χ4n) is 1.64. The van der Waals surface area contributed by atoms with Gasteiger partial charge in [0, 0.05) is 0 Å². The van der Waals surface area contributed by atoms with Gasteiger partial charge >= 0.3 is 0 Å². The Morgan fingerprint density at radius 3 is 3.08 bits per heavy atom. The molecule has 1 unspecified atom stereocenters. The number of rotatable bonds is 0. The Morgan fingerprint density at radius 2 is 2.31 bits per heavy atom. The second-order valence-electron chi connectivity index (χ2n) is 3.68. The lowest BCUT2D eigenvalue weighted by Crippen LogP contribution is -2.05. The quantitative estimate of drug-likeness (QED) is 0.577. The molecule has 0 bridgehead atoms. The summed E-state index contributed by atoms with van der Waals surface area (Å²) in [5.74, 6) is 0.620. The van der Waals surface area contributed by atoms with Crippen LogP contribution in [-0.4, -0.2) is 4.98 Å². The predicted octanol–water partition coefficient (Wildman–Crippen LogP) is 3.25. The summed E-state index contributed by atoms with van der Waals surface area (Å²) < 4.78 is 0. The van der Waals surface area contributed by atoms with Crippen LogP contribution < -0.4 is 0 Å². The highest BCUT2D eigenvalue weighted by Gasteiger charge is 2.12. The van der Waals surface area contributed by atoms with Crippen LogP contribution in [0.3, 0.4) is 0 Å². The van der Waals surface area contributed by atoms with Crippen molar-refractivity contribution in [3.05, 3.63) is 34.1 Å². The van der Waals surface area contributed by atoms with Gasteiger partial charge in [-0.3, -0.25) is 0 Å². The van der Waals surface area contributed by atoms with E-state index in [9.17, 15) is 0 Å².